The summed E-state index contributed by atoms with van der Waals surface area (Å²) in [6.45, 7) is 1.98. The van der Waals surface area contributed by atoms with Crippen LogP contribution in [-0.4, -0.2) is 18.9 Å². The number of primary amides is 2. The standard InChI is InChI=1S/C23H22N2O3/c1-14-10-18(11-15-4-3-5-19(12-15)28-2)21(23(25)27)13-20(14)16-6-8-17(9-7-16)22(24)26/h3-10,12-13H,11H2,1-2H3,(H2,24,26)(H2,25,27). The molecule has 0 radical (unpaired) electrons. The SMILES string of the molecule is COc1cccc(Cc2cc(C)c(-c3ccc(C(N)=O)cc3)cc2C(N)=O)c1. The van der Waals surface area contributed by atoms with Crippen molar-refractivity contribution in [3.05, 3.63) is 88.5 Å². The van der Waals surface area contributed by atoms with Crippen LogP contribution in [0.3, 0.4) is 0 Å². The summed E-state index contributed by atoms with van der Waals surface area (Å²) in [4.78, 5) is 23.4. The number of carbonyl (C=O) groups excluding carboxylic acids is 2. The molecule has 0 saturated heterocycles. The number of ether oxygens (including phenoxy) is 1. The first-order chi connectivity index (χ1) is 13.4. The third-order valence-electron chi connectivity index (χ3n) is 4.72. The van der Waals surface area contributed by atoms with Gasteiger partial charge in [0, 0.05) is 11.1 Å². The van der Waals surface area contributed by atoms with E-state index in [1.54, 1.807) is 19.2 Å². The van der Waals surface area contributed by atoms with Crippen molar-refractivity contribution in [1.82, 2.24) is 0 Å². The highest BCUT2D eigenvalue weighted by atomic mass is 16.5. The molecule has 28 heavy (non-hydrogen) atoms. The van der Waals surface area contributed by atoms with Gasteiger partial charge in [0.2, 0.25) is 11.8 Å². The molecule has 0 bridgehead atoms. The number of hydrogen-bond donors (Lipinski definition) is 2. The Morgan fingerprint density at radius 3 is 2.25 bits per heavy atom. The van der Waals surface area contributed by atoms with Gasteiger partial charge in [0.05, 0.1) is 7.11 Å². The number of aryl methyl sites for hydroxylation is 1. The monoisotopic (exact) mass is 374 g/mol. The highest BCUT2D eigenvalue weighted by Gasteiger charge is 2.14. The Morgan fingerprint density at radius 2 is 1.64 bits per heavy atom. The molecule has 0 atom stereocenters. The molecule has 0 aromatic heterocycles. The summed E-state index contributed by atoms with van der Waals surface area (Å²) >= 11 is 0. The molecule has 3 aromatic rings. The summed E-state index contributed by atoms with van der Waals surface area (Å²) in [5.41, 5.74) is 16.5. The lowest BCUT2D eigenvalue weighted by molar-refractivity contribution is 0.0991. The zero-order chi connectivity index (χ0) is 20.3. The van der Waals surface area contributed by atoms with Crippen molar-refractivity contribution in [3.63, 3.8) is 0 Å². The molecular weight excluding hydrogens is 352 g/mol. The molecule has 3 rings (SSSR count). The van der Waals surface area contributed by atoms with E-state index in [9.17, 15) is 9.59 Å². The second-order valence-electron chi connectivity index (χ2n) is 6.66. The van der Waals surface area contributed by atoms with E-state index in [4.69, 9.17) is 16.2 Å². The van der Waals surface area contributed by atoms with Crippen molar-refractivity contribution in [1.29, 1.82) is 0 Å². The van der Waals surface area contributed by atoms with Crippen LogP contribution in [0.2, 0.25) is 0 Å². The molecule has 0 aliphatic carbocycles. The number of amides is 2. The zero-order valence-corrected chi connectivity index (χ0v) is 15.9. The van der Waals surface area contributed by atoms with Crippen molar-refractivity contribution in [2.75, 3.05) is 7.11 Å². The molecule has 4 N–H and O–H groups in total. The Labute approximate surface area is 163 Å². The van der Waals surface area contributed by atoms with Crippen LogP contribution < -0.4 is 16.2 Å². The van der Waals surface area contributed by atoms with Crippen molar-refractivity contribution in [3.8, 4) is 16.9 Å². The average molecular weight is 374 g/mol. The maximum atomic E-state index is 12.1. The fraction of sp³-hybridized carbons (Fsp3) is 0.130. The Hall–Kier alpha value is -3.60. The minimum absolute atomic E-state index is 0.436. The van der Waals surface area contributed by atoms with Crippen molar-refractivity contribution >= 4 is 11.8 Å². The quantitative estimate of drug-likeness (QED) is 0.692. The Kier molecular flexibility index (Phi) is 5.45. The molecule has 0 aliphatic heterocycles. The number of carbonyl (C=O) groups is 2. The van der Waals surface area contributed by atoms with Crippen LogP contribution in [0.4, 0.5) is 0 Å². The fourth-order valence-electron chi connectivity index (χ4n) is 3.27. The lowest BCUT2D eigenvalue weighted by atomic mass is 9.91. The molecule has 0 spiro atoms. The van der Waals surface area contributed by atoms with Gasteiger partial charge in [0.1, 0.15) is 5.75 Å². The predicted octanol–water partition coefficient (Wildman–Crippen LogP) is 3.46. The fourth-order valence-corrected chi connectivity index (χ4v) is 3.27. The van der Waals surface area contributed by atoms with Gasteiger partial charge < -0.3 is 16.2 Å². The minimum atomic E-state index is -0.479. The first-order valence-corrected chi connectivity index (χ1v) is 8.85. The van der Waals surface area contributed by atoms with E-state index in [2.05, 4.69) is 0 Å². The minimum Gasteiger partial charge on any atom is -0.497 e. The Balaban J connectivity index is 2.02. The van der Waals surface area contributed by atoms with E-state index in [0.29, 0.717) is 17.5 Å². The summed E-state index contributed by atoms with van der Waals surface area (Å²) in [6.07, 6.45) is 0.567. The topological polar surface area (TPSA) is 95.4 Å². The molecule has 0 aliphatic rings. The number of methoxy groups -OCH3 is 1. The van der Waals surface area contributed by atoms with Gasteiger partial charge in [-0.2, -0.15) is 0 Å². The maximum absolute atomic E-state index is 12.1. The van der Waals surface area contributed by atoms with Gasteiger partial charge >= 0.3 is 0 Å². The second-order valence-corrected chi connectivity index (χ2v) is 6.66. The van der Waals surface area contributed by atoms with Crippen molar-refractivity contribution < 1.29 is 14.3 Å². The van der Waals surface area contributed by atoms with E-state index in [0.717, 1.165) is 33.6 Å². The van der Waals surface area contributed by atoms with E-state index in [1.165, 1.54) is 0 Å². The lowest BCUT2D eigenvalue weighted by Gasteiger charge is -2.14. The van der Waals surface area contributed by atoms with Gasteiger partial charge in [-0.15, -0.1) is 0 Å². The largest absolute Gasteiger partial charge is 0.497 e. The number of benzene rings is 3. The summed E-state index contributed by atoms with van der Waals surface area (Å²) in [7, 11) is 1.62. The summed E-state index contributed by atoms with van der Waals surface area (Å²) in [5.74, 6) is -0.191. The zero-order valence-electron chi connectivity index (χ0n) is 15.9. The normalized spacial score (nSPS) is 10.5. The van der Waals surface area contributed by atoms with Crippen LogP contribution in [0.5, 0.6) is 5.75 Å². The van der Waals surface area contributed by atoms with Crippen LogP contribution in [0.25, 0.3) is 11.1 Å². The van der Waals surface area contributed by atoms with E-state index >= 15 is 0 Å². The van der Waals surface area contributed by atoms with Gasteiger partial charge in [-0.3, -0.25) is 9.59 Å². The smallest absolute Gasteiger partial charge is 0.249 e. The van der Waals surface area contributed by atoms with Crippen LogP contribution in [0.1, 0.15) is 37.4 Å². The van der Waals surface area contributed by atoms with E-state index in [1.807, 2.05) is 55.5 Å². The third kappa shape index (κ3) is 4.04. The predicted molar refractivity (Wildman–Crippen MR) is 109 cm³/mol. The molecule has 5 heteroatoms. The van der Waals surface area contributed by atoms with E-state index in [-0.39, 0.29) is 0 Å². The number of nitrogens with two attached hydrogens (primary N) is 2. The molecule has 0 heterocycles. The Morgan fingerprint density at radius 1 is 0.929 bits per heavy atom. The van der Waals surface area contributed by atoms with Crippen LogP contribution in [0, 0.1) is 6.92 Å². The van der Waals surface area contributed by atoms with Crippen molar-refractivity contribution in [2.45, 2.75) is 13.3 Å². The highest BCUT2D eigenvalue weighted by Crippen LogP contribution is 2.29. The Bertz CT molecular complexity index is 1040. The highest BCUT2D eigenvalue weighted by molar-refractivity contribution is 5.97. The first-order valence-electron chi connectivity index (χ1n) is 8.85. The van der Waals surface area contributed by atoms with Crippen LogP contribution >= 0.6 is 0 Å². The van der Waals surface area contributed by atoms with Crippen LogP contribution in [0.15, 0.2) is 60.7 Å². The molecule has 5 nitrogen and oxygen atoms in total. The van der Waals surface area contributed by atoms with E-state index < -0.39 is 11.8 Å². The van der Waals surface area contributed by atoms with Gasteiger partial charge in [0.15, 0.2) is 0 Å². The summed E-state index contributed by atoms with van der Waals surface area (Å²) < 4.78 is 5.27. The summed E-state index contributed by atoms with van der Waals surface area (Å²) in [5, 5.41) is 0. The number of hydrogen-bond acceptors (Lipinski definition) is 3. The first kappa shape index (κ1) is 19.2. The van der Waals surface area contributed by atoms with Crippen molar-refractivity contribution in [2.24, 2.45) is 11.5 Å². The molecule has 3 aromatic carbocycles. The van der Waals surface area contributed by atoms with Gasteiger partial charge in [-0.25, -0.2) is 0 Å². The van der Waals surface area contributed by atoms with Gasteiger partial charge in [-0.05, 0) is 71.5 Å². The van der Waals surface area contributed by atoms with Crippen LogP contribution in [-0.2, 0) is 6.42 Å². The maximum Gasteiger partial charge on any atom is 0.249 e. The second kappa shape index (κ2) is 7.96. The molecular formula is C23H22N2O3. The van der Waals surface area contributed by atoms with Gasteiger partial charge in [-0.1, -0.05) is 30.3 Å². The molecule has 0 fully saturated rings. The molecule has 2 amide bonds. The summed E-state index contributed by atoms with van der Waals surface area (Å²) in [6, 6.07) is 18.5. The van der Waals surface area contributed by atoms with Gasteiger partial charge in [0.25, 0.3) is 0 Å². The molecule has 0 unspecified atom stereocenters. The lowest BCUT2D eigenvalue weighted by Crippen LogP contribution is -2.15. The number of rotatable bonds is 6. The third-order valence-corrected chi connectivity index (χ3v) is 4.72. The molecule has 142 valence electrons. The molecule has 0 saturated carbocycles. The average Bonchev–Trinajstić information content (AvgIpc) is 2.68.